The minimum Gasteiger partial charge on any atom is -0.355 e. The van der Waals surface area contributed by atoms with Crippen molar-refractivity contribution in [2.75, 3.05) is 18.0 Å². The zero-order chi connectivity index (χ0) is 27.5. The lowest BCUT2D eigenvalue weighted by Crippen LogP contribution is -2.75. The summed E-state index contributed by atoms with van der Waals surface area (Å²) in [6.07, 6.45) is 0. The maximum atomic E-state index is 14.1. The van der Waals surface area contributed by atoms with Crippen molar-refractivity contribution in [2.45, 2.75) is 25.7 Å². The summed E-state index contributed by atoms with van der Waals surface area (Å²) in [5.41, 5.74) is 0.987. The maximum Gasteiger partial charge on any atom is 0.286 e. The molecule has 0 aliphatic carbocycles. The molecular weight excluding hydrogens is 521 g/mol. The molecule has 0 amide bonds. The van der Waals surface area contributed by atoms with E-state index in [-0.39, 0.29) is 4.90 Å². The summed E-state index contributed by atoms with van der Waals surface area (Å²) in [5, 5.41) is 13.2. The van der Waals surface area contributed by atoms with Crippen LogP contribution in [-0.4, -0.2) is 44.0 Å². The lowest BCUT2D eigenvalue weighted by molar-refractivity contribution is 0.576. The van der Waals surface area contributed by atoms with Gasteiger partial charge in [-0.25, -0.2) is 0 Å². The van der Waals surface area contributed by atoms with E-state index in [1.165, 1.54) is 0 Å². The minimum absolute atomic E-state index is 0.185. The van der Waals surface area contributed by atoms with E-state index in [1.807, 2.05) is 75.4 Å². The molecule has 0 spiro atoms. The first-order valence-electron chi connectivity index (χ1n) is 13.1. The molecule has 0 radical (unpaired) electrons. The van der Waals surface area contributed by atoms with Crippen molar-refractivity contribution < 1.29 is 8.42 Å². The van der Waals surface area contributed by atoms with Crippen LogP contribution >= 0.6 is 0 Å². The van der Waals surface area contributed by atoms with Gasteiger partial charge in [-0.15, -0.1) is 9.19 Å². The van der Waals surface area contributed by atoms with Gasteiger partial charge < -0.3 is 4.90 Å². The summed E-state index contributed by atoms with van der Waals surface area (Å²) < 4.78 is 29.4. The Labute approximate surface area is 231 Å². The highest BCUT2D eigenvalue weighted by Gasteiger charge is 2.48. The summed E-state index contributed by atoms with van der Waals surface area (Å²) in [6, 6.07) is 37.9. The van der Waals surface area contributed by atoms with E-state index in [9.17, 15) is 8.42 Å². The Morgan fingerprint density at radius 1 is 0.692 bits per heavy atom. The summed E-state index contributed by atoms with van der Waals surface area (Å²) in [4.78, 5) is 2.24. The van der Waals surface area contributed by atoms with Gasteiger partial charge in [-0.3, -0.25) is 0 Å². The average Bonchev–Trinajstić information content (AvgIpc) is 3.42. The Morgan fingerprint density at radius 2 is 1.13 bits per heavy atom. The highest BCUT2D eigenvalue weighted by atomic mass is 32.2. The van der Waals surface area contributed by atoms with Gasteiger partial charge in [0.2, 0.25) is 8.07 Å². The number of nitrogens with zero attached hydrogens (tertiary/aromatic N) is 4. The third kappa shape index (κ3) is 4.60. The van der Waals surface area contributed by atoms with Crippen LogP contribution in [0.3, 0.4) is 0 Å². The number of benzene rings is 4. The zero-order valence-electron chi connectivity index (χ0n) is 22.4. The van der Waals surface area contributed by atoms with Gasteiger partial charge in [-0.1, -0.05) is 109 Å². The smallest absolute Gasteiger partial charge is 0.286 e. The Morgan fingerprint density at radius 3 is 1.54 bits per heavy atom. The zero-order valence-corrected chi connectivity index (χ0v) is 24.2. The minimum atomic E-state index is -4.01. The van der Waals surface area contributed by atoms with Gasteiger partial charge in [0.1, 0.15) is 5.32 Å². The van der Waals surface area contributed by atoms with E-state index < -0.39 is 18.1 Å². The van der Waals surface area contributed by atoms with Crippen LogP contribution in [0, 0.1) is 6.92 Å². The third-order valence-electron chi connectivity index (χ3n) is 7.20. The second-order valence-electron chi connectivity index (χ2n) is 9.44. The van der Waals surface area contributed by atoms with E-state index in [0.717, 1.165) is 25.2 Å². The molecule has 0 fully saturated rings. The van der Waals surface area contributed by atoms with E-state index in [0.29, 0.717) is 24.2 Å². The number of rotatable bonds is 9. The van der Waals surface area contributed by atoms with Crippen LogP contribution in [0.25, 0.3) is 0 Å². The summed E-state index contributed by atoms with van der Waals surface area (Å²) >= 11 is 0. The van der Waals surface area contributed by atoms with Gasteiger partial charge in [0.25, 0.3) is 10.0 Å². The van der Waals surface area contributed by atoms with Crippen LogP contribution in [0.4, 0.5) is 5.82 Å². The number of anilines is 1. The standard InChI is InChI=1S/C31H32N4O2SSi/c1-4-34(5-2)31-30(32-33-35(31)38(36,37)26-23-21-25(3)22-24-26)39(27-15-9-6-10-16-27,28-17-11-7-12-18-28)29-19-13-8-14-20-29/h6-24H,4-5H2,1-3H3. The van der Waals surface area contributed by atoms with Gasteiger partial charge >= 0.3 is 0 Å². The molecular formula is C31H32N4O2SSi. The summed E-state index contributed by atoms with van der Waals surface area (Å²) in [6.45, 7) is 7.19. The molecule has 1 aromatic heterocycles. The molecule has 4 aromatic carbocycles. The van der Waals surface area contributed by atoms with Crippen LogP contribution < -0.4 is 25.8 Å². The number of hydrogen-bond acceptors (Lipinski definition) is 5. The highest BCUT2D eigenvalue weighted by Crippen LogP contribution is 2.23. The molecule has 0 aliphatic rings. The molecule has 1 heterocycles. The predicted octanol–water partition coefficient (Wildman–Crippen LogP) is 3.05. The molecule has 5 rings (SSSR count). The first kappa shape index (κ1) is 26.6. The van der Waals surface area contributed by atoms with Crippen LogP contribution in [0.2, 0.25) is 0 Å². The second kappa shape index (κ2) is 11.0. The number of hydrogen-bond donors (Lipinski definition) is 0. The lowest BCUT2D eigenvalue weighted by Gasteiger charge is -2.34. The molecule has 0 N–H and O–H groups in total. The Hall–Kier alpha value is -4.01. The highest BCUT2D eigenvalue weighted by molar-refractivity contribution is 7.90. The molecule has 5 aromatic rings. The molecule has 6 nitrogen and oxygen atoms in total. The summed E-state index contributed by atoms with van der Waals surface area (Å²) in [5.74, 6) is 0.517. The van der Waals surface area contributed by atoms with Crippen LogP contribution in [0.1, 0.15) is 19.4 Å². The van der Waals surface area contributed by atoms with Crippen LogP contribution in [0.5, 0.6) is 0 Å². The van der Waals surface area contributed by atoms with Crippen molar-refractivity contribution in [1.29, 1.82) is 0 Å². The quantitative estimate of drug-likeness (QED) is 0.208. The van der Waals surface area contributed by atoms with E-state index >= 15 is 0 Å². The maximum absolute atomic E-state index is 14.1. The van der Waals surface area contributed by atoms with Crippen molar-refractivity contribution in [3.63, 3.8) is 0 Å². The molecule has 0 atom stereocenters. The Bertz CT molecular complexity index is 1540. The van der Waals surface area contributed by atoms with Gasteiger partial charge in [0.15, 0.2) is 5.82 Å². The van der Waals surface area contributed by atoms with Crippen molar-refractivity contribution in [1.82, 2.24) is 14.4 Å². The van der Waals surface area contributed by atoms with Gasteiger partial charge in [-0.2, -0.15) is 8.42 Å². The molecule has 8 heteroatoms. The number of aromatic nitrogens is 3. The predicted molar refractivity (Wildman–Crippen MR) is 161 cm³/mol. The molecule has 0 unspecified atom stereocenters. The van der Waals surface area contributed by atoms with E-state index in [1.54, 1.807) is 24.3 Å². The Kier molecular flexibility index (Phi) is 7.50. The topological polar surface area (TPSA) is 68.1 Å². The number of aryl methyl sites for hydroxylation is 1. The van der Waals surface area contributed by atoms with Crippen LogP contribution in [0.15, 0.2) is 120 Å². The third-order valence-corrected chi connectivity index (χ3v) is 13.4. The molecule has 0 saturated heterocycles. The van der Waals surface area contributed by atoms with Gasteiger partial charge in [0.05, 0.1) is 4.90 Å². The SMILES string of the molecule is CCN(CC)c1c([Si](c2ccccc2)(c2ccccc2)c2ccccc2)nnn1S(=O)(=O)c1ccc(C)cc1. The Balaban J connectivity index is 1.92. The van der Waals surface area contributed by atoms with Gasteiger partial charge in [-0.05, 0) is 53.7 Å². The van der Waals surface area contributed by atoms with Crippen LogP contribution in [-0.2, 0) is 10.0 Å². The first-order chi connectivity index (χ1) is 18.9. The average molecular weight is 553 g/mol. The monoisotopic (exact) mass is 552 g/mol. The van der Waals surface area contributed by atoms with E-state index in [2.05, 4.69) is 46.5 Å². The molecule has 39 heavy (non-hydrogen) atoms. The largest absolute Gasteiger partial charge is 0.355 e. The molecule has 0 bridgehead atoms. The van der Waals surface area contributed by atoms with Crippen molar-refractivity contribution in [3.8, 4) is 0 Å². The first-order valence-corrected chi connectivity index (χ1v) is 16.6. The van der Waals surface area contributed by atoms with Crippen molar-refractivity contribution in [2.24, 2.45) is 0 Å². The van der Waals surface area contributed by atoms with Gasteiger partial charge in [0, 0.05) is 13.1 Å². The second-order valence-corrected chi connectivity index (χ2v) is 14.9. The fraction of sp³-hybridized carbons (Fsp3) is 0.161. The fourth-order valence-corrected chi connectivity index (χ4v) is 11.3. The molecule has 198 valence electrons. The van der Waals surface area contributed by atoms with Crippen molar-refractivity contribution in [3.05, 3.63) is 121 Å². The molecule has 0 aliphatic heterocycles. The fourth-order valence-electron chi connectivity index (χ4n) is 5.25. The normalized spacial score (nSPS) is 11.9. The van der Waals surface area contributed by atoms with E-state index in [4.69, 9.17) is 5.10 Å². The lowest BCUT2D eigenvalue weighted by atomic mass is 10.2. The van der Waals surface area contributed by atoms with Crippen molar-refractivity contribution >= 4 is 44.8 Å². The molecule has 0 saturated carbocycles. The summed E-state index contributed by atoms with van der Waals surface area (Å²) in [7, 11) is -7.12.